The summed E-state index contributed by atoms with van der Waals surface area (Å²) >= 11 is 1.95. The highest BCUT2D eigenvalue weighted by molar-refractivity contribution is 7.99. The first-order chi connectivity index (χ1) is 9.11. The summed E-state index contributed by atoms with van der Waals surface area (Å²) in [5, 5.41) is 3.31. The third-order valence-corrected chi connectivity index (χ3v) is 4.77. The molecule has 0 aromatic heterocycles. The van der Waals surface area contributed by atoms with E-state index >= 15 is 0 Å². The van der Waals surface area contributed by atoms with Crippen molar-refractivity contribution in [3.8, 4) is 0 Å². The number of nitrogens with one attached hydrogen (secondary N) is 1. The third kappa shape index (κ3) is 3.68. The molecular formula is C14H20F2N2S. The Hall–Kier alpha value is -0.650. The molecule has 0 saturated carbocycles. The summed E-state index contributed by atoms with van der Waals surface area (Å²) in [5.41, 5.74) is 0.835. The van der Waals surface area contributed by atoms with E-state index in [2.05, 4.69) is 17.3 Å². The van der Waals surface area contributed by atoms with E-state index in [-0.39, 0.29) is 6.04 Å². The smallest absolute Gasteiger partial charge is 0.159 e. The number of hydrogen-bond acceptors (Lipinski definition) is 3. The van der Waals surface area contributed by atoms with Gasteiger partial charge in [0.15, 0.2) is 11.6 Å². The summed E-state index contributed by atoms with van der Waals surface area (Å²) in [6, 6.07) is 4.85. The second kappa shape index (κ2) is 6.68. The molecule has 1 aromatic carbocycles. The number of thioether (sulfide) groups is 1. The van der Waals surface area contributed by atoms with E-state index in [0.717, 1.165) is 23.6 Å². The number of halogens is 2. The minimum atomic E-state index is -0.782. The summed E-state index contributed by atoms with van der Waals surface area (Å²) in [5.74, 6) is 0.689. The van der Waals surface area contributed by atoms with E-state index in [1.807, 2.05) is 18.8 Å². The van der Waals surface area contributed by atoms with Gasteiger partial charge < -0.3 is 10.2 Å². The van der Waals surface area contributed by atoms with Crippen LogP contribution in [0.1, 0.15) is 5.56 Å². The molecule has 1 aromatic rings. The van der Waals surface area contributed by atoms with Crippen molar-refractivity contribution in [1.29, 1.82) is 0 Å². The average Bonchev–Trinajstić information content (AvgIpc) is 2.41. The van der Waals surface area contributed by atoms with Gasteiger partial charge >= 0.3 is 0 Å². The Labute approximate surface area is 117 Å². The Bertz CT molecular complexity index is 428. The summed E-state index contributed by atoms with van der Waals surface area (Å²) in [7, 11) is 4.05. The van der Waals surface area contributed by atoms with E-state index < -0.39 is 11.6 Å². The van der Waals surface area contributed by atoms with Crippen molar-refractivity contribution in [1.82, 2.24) is 10.2 Å². The van der Waals surface area contributed by atoms with Gasteiger partial charge in [-0.3, -0.25) is 0 Å². The van der Waals surface area contributed by atoms with Crippen molar-refractivity contribution in [3.05, 3.63) is 35.4 Å². The molecule has 2 nitrogen and oxygen atoms in total. The van der Waals surface area contributed by atoms with Gasteiger partial charge in [0.25, 0.3) is 0 Å². The molecule has 1 heterocycles. The average molecular weight is 286 g/mol. The molecule has 0 bridgehead atoms. The molecule has 1 aliphatic rings. The lowest BCUT2D eigenvalue weighted by molar-refractivity contribution is 0.219. The molecule has 2 unspecified atom stereocenters. The Morgan fingerprint density at radius 1 is 1.42 bits per heavy atom. The molecule has 1 saturated heterocycles. The van der Waals surface area contributed by atoms with Crippen molar-refractivity contribution < 1.29 is 8.78 Å². The van der Waals surface area contributed by atoms with Gasteiger partial charge in [-0.2, -0.15) is 11.8 Å². The molecule has 0 spiro atoms. The lowest BCUT2D eigenvalue weighted by atomic mass is 9.99. The molecular weight excluding hydrogens is 266 g/mol. The summed E-state index contributed by atoms with van der Waals surface area (Å²) in [6.45, 7) is 1.07. The highest BCUT2D eigenvalue weighted by Gasteiger charge is 2.27. The van der Waals surface area contributed by atoms with E-state index in [1.54, 1.807) is 6.07 Å². The van der Waals surface area contributed by atoms with Gasteiger partial charge in [-0.25, -0.2) is 8.78 Å². The topological polar surface area (TPSA) is 15.3 Å². The van der Waals surface area contributed by atoms with Crippen LogP contribution in [0.2, 0.25) is 0 Å². The molecule has 19 heavy (non-hydrogen) atoms. The maximum absolute atomic E-state index is 13.2. The molecule has 0 aliphatic carbocycles. The molecule has 1 aliphatic heterocycles. The fraction of sp³-hybridized carbons (Fsp3) is 0.571. The van der Waals surface area contributed by atoms with Crippen molar-refractivity contribution in [2.24, 2.45) is 0 Å². The quantitative estimate of drug-likeness (QED) is 0.913. The van der Waals surface area contributed by atoms with Crippen molar-refractivity contribution in [3.63, 3.8) is 0 Å². The largest absolute Gasteiger partial charge is 0.315 e. The first kappa shape index (κ1) is 14.8. The predicted octanol–water partition coefficient (Wildman–Crippen LogP) is 2.14. The normalized spacial score (nSPS) is 22.4. The maximum Gasteiger partial charge on any atom is 0.159 e. The third-order valence-electron chi connectivity index (χ3n) is 3.72. The monoisotopic (exact) mass is 286 g/mol. The summed E-state index contributed by atoms with van der Waals surface area (Å²) in [6.07, 6.45) is 0.712. The van der Waals surface area contributed by atoms with Gasteiger partial charge in [-0.05, 0) is 38.2 Å². The number of likely N-dealkylation sites (N-methyl/N-ethyl adjacent to an activating group) is 2. The van der Waals surface area contributed by atoms with Gasteiger partial charge in [0.1, 0.15) is 0 Å². The Kier molecular flexibility index (Phi) is 5.19. The first-order valence-corrected chi connectivity index (χ1v) is 7.66. The van der Waals surface area contributed by atoms with Gasteiger partial charge in [-0.15, -0.1) is 0 Å². The molecule has 5 heteroatoms. The maximum atomic E-state index is 13.2. The van der Waals surface area contributed by atoms with Gasteiger partial charge in [0.2, 0.25) is 0 Å². The number of benzene rings is 1. The lowest BCUT2D eigenvalue weighted by Crippen LogP contribution is -2.52. The zero-order valence-electron chi connectivity index (χ0n) is 11.3. The number of hydrogen-bond donors (Lipinski definition) is 1. The van der Waals surface area contributed by atoms with Crippen LogP contribution in [0.5, 0.6) is 0 Å². The van der Waals surface area contributed by atoms with Crippen LogP contribution in [-0.4, -0.2) is 49.1 Å². The molecule has 1 N–H and O–H groups in total. The van der Waals surface area contributed by atoms with Crippen LogP contribution >= 0.6 is 11.8 Å². The van der Waals surface area contributed by atoms with E-state index in [4.69, 9.17) is 0 Å². The molecule has 0 radical (unpaired) electrons. The van der Waals surface area contributed by atoms with E-state index in [1.165, 1.54) is 12.1 Å². The Morgan fingerprint density at radius 2 is 2.21 bits per heavy atom. The number of rotatable bonds is 4. The fourth-order valence-corrected chi connectivity index (χ4v) is 3.79. The second-order valence-corrected chi connectivity index (χ2v) is 6.12. The zero-order valence-corrected chi connectivity index (χ0v) is 12.1. The molecule has 106 valence electrons. The second-order valence-electron chi connectivity index (χ2n) is 4.97. The van der Waals surface area contributed by atoms with Gasteiger partial charge in [0, 0.05) is 30.1 Å². The Balaban J connectivity index is 2.07. The molecule has 0 amide bonds. The predicted molar refractivity (Wildman–Crippen MR) is 76.7 cm³/mol. The van der Waals surface area contributed by atoms with Crippen LogP contribution in [0.3, 0.4) is 0 Å². The minimum Gasteiger partial charge on any atom is -0.315 e. The summed E-state index contributed by atoms with van der Waals surface area (Å²) in [4.78, 5) is 2.34. The highest BCUT2D eigenvalue weighted by atomic mass is 32.2. The highest BCUT2D eigenvalue weighted by Crippen LogP contribution is 2.20. The van der Waals surface area contributed by atoms with E-state index in [9.17, 15) is 8.78 Å². The van der Waals surface area contributed by atoms with Crippen molar-refractivity contribution in [2.75, 3.05) is 32.1 Å². The van der Waals surface area contributed by atoms with Crippen LogP contribution in [-0.2, 0) is 6.42 Å². The van der Waals surface area contributed by atoms with Crippen molar-refractivity contribution in [2.45, 2.75) is 18.5 Å². The SMILES string of the molecule is CNC(Cc1ccc(F)c(F)c1)C1CSCCN1C. The standard InChI is InChI=1S/C14H20F2N2S/c1-17-13(14-9-19-6-5-18(14)2)8-10-3-4-11(15)12(16)7-10/h3-4,7,13-14,17H,5-6,8-9H2,1-2H3. The minimum absolute atomic E-state index is 0.252. The first-order valence-electron chi connectivity index (χ1n) is 6.51. The van der Waals surface area contributed by atoms with Crippen LogP contribution in [0.4, 0.5) is 8.78 Å². The van der Waals surface area contributed by atoms with Crippen LogP contribution in [0.25, 0.3) is 0 Å². The van der Waals surface area contributed by atoms with E-state index in [0.29, 0.717) is 12.5 Å². The fourth-order valence-electron chi connectivity index (χ4n) is 2.48. The van der Waals surface area contributed by atoms with Crippen LogP contribution in [0, 0.1) is 11.6 Å². The van der Waals surface area contributed by atoms with Gasteiger partial charge in [0.05, 0.1) is 0 Å². The number of nitrogens with zero attached hydrogens (tertiary/aromatic N) is 1. The Morgan fingerprint density at radius 3 is 2.84 bits per heavy atom. The molecule has 2 rings (SSSR count). The zero-order chi connectivity index (χ0) is 13.8. The lowest BCUT2D eigenvalue weighted by Gasteiger charge is -2.37. The molecule has 1 fully saturated rings. The van der Waals surface area contributed by atoms with Gasteiger partial charge in [-0.1, -0.05) is 6.07 Å². The summed E-state index contributed by atoms with van der Waals surface area (Å²) < 4.78 is 26.2. The molecule has 2 atom stereocenters. The van der Waals surface area contributed by atoms with Crippen molar-refractivity contribution >= 4 is 11.8 Å². The van der Waals surface area contributed by atoms with Crippen LogP contribution in [0.15, 0.2) is 18.2 Å². The van der Waals surface area contributed by atoms with Crippen LogP contribution < -0.4 is 5.32 Å².